The number of carbonyl (C=O) groups is 2. The maximum absolute atomic E-state index is 12.4. The summed E-state index contributed by atoms with van der Waals surface area (Å²) < 4.78 is 28.5. The number of ether oxygens (including phenoxy) is 1. The van der Waals surface area contributed by atoms with Crippen molar-refractivity contribution in [3.05, 3.63) is 24.3 Å². The van der Waals surface area contributed by atoms with Gasteiger partial charge >= 0.3 is 12.6 Å². The summed E-state index contributed by atoms with van der Waals surface area (Å²) in [5.41, 5.74) is 0.457. The number of hydrogen-bond acceptors (Lipinski definition) is 4. The number of nitrogens with one attached hydrogen (secondary N) is 1. The lowest BCUT2D eigenvalue weighted by atomic mass is 9.89. The van der Waals surface area contributed by atoms with Crippen LogP contribution in [0.15, 0.2) is 24.3 Å². The number of alkyl halides is 2. The van der Waals surface area contributed by atoms with Gasteiger partial charge in [0.15, 0.2) is 0 Å². The zero-order valence-electron chi connectivity index (χ0n) is 14.1. The number of hydrogen-bond donors (Lipinski definition) is 2. The molecule has 0 bridgehead atoms. The number of aliphatic carboxylic acids is 1. The van der Waals surface area contributed by atoms with E-state index in [1.807, 2.05) is 11.8 Å². The number of amides is 1. The number of halogens is 2. The van der Waals surface area contributed by atoms with Crippen LogP contribution in [0.4, 0.5) is 14.5 Å². The van der Waals surface area contributed by atoms with Gasteiger partial charge in [-0.05, 0) is 43.5 Å². The summed E-state index contributed by atoms with van der Waals surface area (Å²) in [6.45, 7) is 1.77. The molecule has 1 aromatic carbocycles. The molecule has 1 saturated heterocycles. The second-order valence-electron chi connectivity index (χ2n) is 6.40. The average molecular weight is 356 g/mol. The van der Waals surface area contributed by atoms with Crippen LogP contribution in [-0.4, -0.2) is 47.6 Å². The summed E-state index contributed by atoms with van der Waals surface area (Å²) in [6.07, 6.45) is 0.603. The summed E-state index contributed by atoms with van der Waals surface area (Å²) in [7, 11) is 0. The Hall–Kier alpha value is -2.22. The number of likely N-dealkylation sites (tertiary alicyclic amines) is 1. The molecule has 3 atom stereocenters. The third kappa shape index (κ3) is 5.38. The molecular weight excluding hydrogens is 334 g/mol. The number of carboxylic acids is 1. The zero-order valence-corrected chi connectivity index (χ0v) is 14.1. The minimum atomic E-state index is -2.90. The SMILES string of the molecule is CC1CC(C(=O)O)CN(C(C)C(=O)Nc2ccc(OC(F)F)cc2)C1. The van der Waals surface area contributed by atoms with E-state index in [9.17, 15) is 23.5 Å². The fraction of sp³-hybridized carbons (Fsp3) is 0.529. The number of carboxylic acid groups (broad SMARTS) is 1. The topological polar surface area (TPSA) is 78.9 Å². The lowest BCUT2D eigenvalue weighted by molar-refractivity contribution is -0.145. The number of piperidine rings is 1. The molecule has 2 N–H and O–H groups in total. The molecule has 138 valence electrons. The normalized spacial score (nSPS) is 22.4. The molecular formula is C17H22F2N2O4. The third-order valence-corrected chi connectivity index (χ3v) is 4.31. The molecule has 1 heterocycles. The van der Waals surface area contributed by atoms with Gasteiger partial charge in [0.05, 0.1) is 12.0 Å². The van der Waals surface area contributed by atoms with Crippen LogP contribution in [0.2, 0.25) is 0 Å². The maximum Gasteiger partial charge on any atom is 0.387 e. The Balaban J connectivity index is 1.96. The molecule has 0 spiro atoms. The van der Waals surface area contributed by atoms with Crippen molar-refractivity contribution in [3.63, 3.8) is 0 Å². The van der Waals surface area contributed by atoms with Gasteiger partial charge in [0.1, 0.15) is 5.75 Å². The second kappa shape index (κ2) is 8.24. The highest BCUT2D eigenvalue weighted by atomic mass is 19.3. The average Bonchev–Trinajstić information content (AvgIpc) is 2.54. The quantitative estimate of drug-likeness (QED) is 0.819. The van der Waals surface area contributed by atoms with Crippen LogP contribution in [0.5, 0.6) is 5.75 Å². The van der Waals surface area contributed by atoms with E-state index in [-0.39, 0.29) is 17.6 Å². The molecule has 8 heteroatoms. The zero-order chi connectivity index (χ0) is 18.6. The Bertz CT molecular complexity index is 609. The van der Waals surface area contributed by atoms with E-state index in [2.05, 4.69) is 10.1 Å². The van der Waals surface area contributed by atoms with Crippen LogP contribution < -0.4 is 10.1 Å². The van der Waals surface area contributed by atoms with Gasteiger partial charge in [-0.1, -0.05) is 6.92 Å². The van der Waals surface area contributed by atoms with E-state index in [0.29, 0.717) is 25.2 Å². The van der Waals surface area contributed by atoms with Crippen molar-refractivity contribution >= 4 is 17.6 Å². The standard InChI is InChI=1S/C17H22F2N2O4/c1-10-7-12(16(23)24)9-21(8-10)11(2)15(22)20-13-3-5-14(6-4-13)25-17(18)19/h3-6,10-12,17H,7-9H2,1-2H3,(H,20,22)(H,23,24). The molecule has 0 aliphatic carbocycles. The second-order valence-corrected chi connectivity index (χ2v) is 6.40. The molecule has 25 heavy (non-hydrogen) atoms. The molecule has 0 saturated carbocycles. The highest BCUT2D eigenvalue weighted by Crippen LogP contribution is 2.24. The Labute approximate surface area is 144 Å². The Morgan fingerprint density at radius 1 is 1.28 bits per heavy atom. The third-order valence-electron chi connectivity index (χ3n) is 4.31. The van der Waals surface area contributed by atoms with Crippen molar-refractivity contribution < 1.29 is 28.2 Å². The van der Waals surface area contributed by atoms with Gasteiger partial charge in [0.2, 0.25) is 5.91 Å². The van der Waals surface area contributed by atoms with Crippen LogP contribution in [0.25, 0.3) is 0 Å². The first-order valence-corrected chi connectivity index (χ1v) is 8.09. The summed E-state index contributed by atoms with van der Waals surface area (Å²) in [5.74, 6) is -1.41. The molecule has 1 amide bonds. The van der Waals surface area contributed by atoms with Crippen molar-refractivity contribution in [2.45, 2.75) is 32.9 Å². The molecule has 6 nitrogen and oxygen atoms in total. The molecule has 0 radical (unpaired) electrons. The van der Waals surface area contributed by atoms with Crippen molar-refractivity contribution in [1.82, 2.24) is 4.90 Å². The van der Waals surface area contributed by atoms with E-state index in [0.717, 1.165) is 0 Å². The molecule has 0 aromatic heterocycles. The van der Waals surface area contributed by atoms with Gasteiger partial charge in [0, 0.05) is 18.8 Å². The van der Waals surface area contributed by atoms with Gasteiger partial charge in [-0.15, -0.1) is 0 Å². The summed E-state index contributed by atoms with van der Waals surface area (Å²) in [5, 5.41) is 11.9. The largest absolute Gasteiger partial charge is 0.481 e. The molecule has 1 aromatic rings. The lowest BCUT2D eigenvalue weighted by Gasteiger charge is -2.37. The number of rotatable bonds is 6. The molecule has 1 aliphatic rings. The lowest BCUT2D eigenvalue weighted by Crippen LogP contribution is -2.50. The first-order chi connectivity index (χ1) is 11.8. The minimum Gasteiger partial charge on any atom is -0.481 e. The van der Waals surface area contributed by atoms with E-state index in [4.69, 9.17) is 0 Å². The summed E-state index contributed by atoms with van der Waals surface area (Å²) in [4.78, 5) is 25.5. The van der Waals surface area contributed by atoms with Gasteiger partial charge in [-0.25, -0.2) is 0 Å². The molecule has 2 rings (SSSR count). The van der Waals surface area contributed by atoms with Crippen molar-refractivity contribution in [2.75, 3.05) is 18.4 Å². The summed E-state index contributed by atoms with van der Waals surface area (Å²) >= 11 is 0. The molecule has 1 aliphatic heterocycles. The van der Waals surface area contributed by atoms with E-state index >= 15 is 0 Å². The van der Waals surface area contributed by atoms with Gasteiger partial charge < -0.3 is 15.2 Å². The predicted molar refractivity (Wildman–Crippen MR) is 87.6 cm³/mol. The number of nitrogens with zero attached hydrogens (tertiary/aromatic N) is 1. The smallest absolute Gasteiger partial charge is 0.387 e. The van der Waals surface area contributed by atoms with Crippen molar-refractivity contribution in [3.8, 4) is 5.75 Å². The van der Waals surface area contributed by atoms with Crippen LogP contribution in [0.3, 0.4) is 0 Å². The van der Waals surface area contributed by atoms with Crippen molar-refractivity contribution in [1.29, 1.82) is 0 Å². The monoisotopic (exact) mass is 356 g/mol. The number of anilines is 1. The van der Waals surface area contributed by atoms with Gasteiger partial charge in [-0.2, -0.15) is 8.78 Å². The van der Waals surface area contributed by atoms with E-state index in [1.165, 1.54) is 24.3 Å². The van der Waals surface area contributed by atoms with Gasteiger partial charge in [-0.3, -0.25) is 14.5 Å². The van der Waals surface area contributed by atoms with Crippen LogP contribution in [0, 0.1) is 11.8 Å². The first-order valence-electron chi connectivity index (χ1n) is 8.09. The Kier molecular flexibility index (Phi) is 6.30. The van der Waals surface area contributed by atoms with E-state index in [1.54, 1.807) is 6.92 Å². The van der Waals surface area contributed by atoms with Crippen LogP contribution in [0.1, 0.15) is 20.3 Å². The fourth-order valence-electron chi connectivity index (χ4n) is 3.02. The molecule has 3 unspecified atom stereocenters. The number of carbonyl (C=O) groups excluding carboxylic acids is 1. The van der Waals surface area contributed by atoms with E-state index < -0.39 is 24.5 Å². The Morgan fingerprint density at radius 3 is 2.48 bits per heavy atom. The van der Waals surface area contributed by atoms with Crippen molar-refractivity contribution in [2.24, 2.45) is 11.8 Å². The Morgan fingerprint density at radius 2 is 1.92 bits per heavy atom. The maximum atomic E-state index is 12.4. The number of benzene rings is 1. The van der Waals surface area contributed by atoms with Crippen LogP contribution in [-0.2, 0) is 9.59 Å². The first kappa shape index (κ1) is 19.1. The van der Waals surface area contributed by atoms with Crippen LogP contribution >= 0.6 is 0 Å². The van der Waals surface area contributed by atoms with Gasteiger partial charge in [0.25, 0.3) is 0 Å². The molecule has 1 fully saturated rings. The summed E-state index contributed by atoms with van der Waals surface area (Å²) in [6, 6.07) is 5.13. The minimum absolute atomic E-state index is 0.00945. The predicted octanol–water partition coefficient (Wildman–Crippen LogP) is 2.66. The fourth-order valence-corrected chi connectivity index (χ4v) is 3.02. The highest BCUT2D eigenvalue weighted by Gasteiger charge is 2.33. The highest BCUT2D eigenvalue weighted by molar-refractivity contribution is 5.94.